The molecule has 0 radical (unpaired) electrons. The molecule has 2 rings (SSSR count). The molecular formula is C12H16N2O4S. The number of rotatable bonds is 4. The summed E-state index contributed by atoms with van der Waals surface area (Å²) in [6, 6.07) is 4.05. The van der Waals surface area contributed by atoms with Gasteiger partial charge in [-0.25, -0.2) is 13.6 Å². The highest BCUT2D eigenvalue weighted by atomic mass is 32.2. The Morgan fingerprint density at radius 3 is 2.47 bits per heavy atom. The topological polar surface area (TPSA) is 89.7 Å². The van der Waals surface area contributed by atoms with E-state index in [1.807, 2.05) is 0 Å². The lowest BCUT2D eigenvalue weighted by molar-refractivity contribution is 0.0822. The molecule has 0 saturated heterocycles. The van der Waals surface area contributed by atoms with Gasteiger partial charge in [0.2, 0.25) is 10.0 Å². The molecule has 0 aliphatic heterocycles. The number of nitrogens with zero attached hydrogens (tertiary/aromatic N) is 1. The van der Waals surface area contributed by atoms with Crippen molar-refractivity contribution in [3.05, 3.63) is 23.8 Å². The van der Waals surface area contributed by atoms with Crippen molar-refractivity contribution < 1.29 is 17.9 Å². The fourth-order valence-electron chi connectivity index (χ4n) is 1.56. The number of benzene rings is 1. The third kappa shape index (κ3) is 3.24. The standard InChI is InChI=1S/C12H16N2O4S/c1-14(2)12(15)10-6-5-9(19(13,16)17)7-11(10)18-8-3-4-8/h5-8H,3-4H2,1-2H3,(H2,13,16,17). The SMILES string of the molecule is CN(C)C(=O)c1ccc(S(N)(=O)=O)cc1OC1CC1. The summed E-state index contributed by atoms with van der Waals surface area (Å²) < 4.78 is 28.3. The van der Waals surface area contributed by atoms with Crippen LogP contribution < -0.4 is 9.88 Å². The van der Waals surface area contributed by atoms with Crippen LogP contribution >= 0.6 is 0 Å². The van der Waals surface area contributed by atoms with Crippen LogP contribution in [0.3, 0.4) is 0 Å². The minimum absolute atomic E-state index is 0.0570. The van der Waals surface area contributed by atoms with Gasteiger partial charge in [-0.15, -0.1) is 0 Å². The number of ether oxygens (including phenoxy) is 1. The van der Waals surface area contributed by atoms with E-state index in [1.54, 1.807) is 14.1 Å². The first-order valence-corrected chi connectivity index (χ1v) is 7.39. The normalized spacial score (nSPS) is 15.1. The summed E-state index contributed by atoms with van der Waals surface area (Å²) in [5.41, 5.74) is 0.337. The van der Waals surface area contributed by atoms with Crippen LogP contribution in [0.5, 0.6) is 5.75 Å². The average Bonchev–Trinajstić information content (AvgIpc) is 3.10. The summed E-state index contributed by atoms with van der Waals surface area (Å²) in [5.74, 6) is 0.0318. The van der Waals surface area contributed by atoms with Crippen molar-refractivity contribution >= 4 is 15.9 Å². The molecule has 19 heavy (non-hydrogen) atoms. The Balaban J connectivity index is 2.44. The van der Waals surface area contributed by atoms with E-state index in [4.69, 9.17) is 9.88 Å². The largest absolute Gasteiger partial charge is 0.490 e. The van der Waals surface area contributed by atoms with Crippen molar-refractivity contribution in [2.45, 2.75) is 23.8 Å². The van der Waals surface area contributed by atoms with Crippen molar-refractivity contribution in [2.75, 3.05) is 14.1 Å². The Morgan fingerprint density at radius 1 is 1.37 bits per heavy atom. The summed E-state index contributed by atoms with van der Waals surface area (Å²) in [6.45, 7) is 0. The molecule has 1 aliphatic carbocycles. The quantitative estimate of drug-likeness (QED) is 0.875. The van der Waals surface area contributed by atoms with Gasteiger partial charge in [-0.1, -0.05) is 0 Å². The summed E-state index contributed by atoms with van der Waals surface area (Å²) in [7, 11) is -0.565. The van der Waals surface area contributed by atoms with Crippen molar-refractivity contribution in [1.82, 2.24) is 4.90 Å². The number of hydrogen-bond acceptors (Lipinski definition) is 4. The lowest BCUT2D eigenvalue weighted by Gasteiger charge is -2.15. The lowest BCUT2D eigenvalue weighted by Crippen LogP contribution is -2.23. The average molecular weight is 284 g/mol. The number of sulfonamides is 1. The van der Waals surface area contributed by atoms with Gasteiger partial charge in [0.05, 0.1) is 16.6 Å². The highest BCUT2D eigenvalue weighted by molar-refractivity contribution is 7.89. The second-order valence-corrected chi connectivity index (χ2v) is 6.28. The van der Waals surface area contributed by atoms with Crippen molar-refractivity contribution in [1.29, 1.82) is 0 Å². The van der Waals surface area contributed by atoms with Gasteiger partial charge in [0.15, 0.2) is 0 Å². The van der Waals surface area contributed by atoms with Gasteiger partial charge in [0.1, 0.15) is 5.75 Å². The molecule has 1 fully saturated rings. The summed E-state index contributed by atoms with van der Waals surface area (Å²) >= 11 is 0. The molecule has 0 unspecified atom stereocenters. The summed E-state index contributed by atoms with van der Waals surface area (Å²) in [5, 5.41) is 5.08. The Labute approximate surface area is 112 Å². The fourth-order valence-corrected chi connectivity index (χ4v) is 2.09. The number of amides is 1. The molecule has 0 aromatic heterocycles. The minimum atomic E-state index is -3.81. The minimum Gasteiger partial charge on any atom is -0.490 e. The first-order valence-electron chi connectivity index (χ1n) is 5.84. The van der Waals surface area contributed by atoms with Crippen molar-refractivity contribution in [3.63, 3.8) is 0 Å². The van der Waals surface area contributed by atoms with Gasteiger partial charge < -0.3 is 9.64 Å². The Hall–Kier alpha value is -1.60. The third-order valence-electron chi connectivity index (χ3n) is 2.74. The molecule has 0 spiro atoms. The molecule has 1 aromatic carbocycles. The van der Waals surface area contributed by atoms with Gasteiger partial charge >= 0.3 is 0 Å². The number of carbonyl (C=O) groups excluding carboxylic acids is 1. The molecule has 0 atom stereocenters. The lowest BCUT2D eigenvalue weighted by atomic mass is 10.2. The Morgan fingerprint density at radius 2 is 2.00 bits per heavy atom. The van der Waals surface area contributed by atoms with Crippen LogP contribution in [0.1, 0.15) is 23.2 Å². The van der Waals surface area contributed by atoms with Crippen LogP contribution in [-0.4, -0.2) is 39.4 Å². The number of hydrogen-bond donors (Lipinski definition) is 1. The molecule has 6 nitrogen and oxygen atoms in total. The van der Waals surface area contributed by atoms with Crippen LogP contribution in [0.2, 0.25) is 0 Å². The number of nitrogens with two attached hydrogens (primary N) is 1. The predicted molar refractivity (Wildman–Crippen MR) is 69.5 cm³/mol. The van der Waals surface area contributed by atoms with Gasteiger partial charge in [-0.3, -0.25) is 4.79 Å². The van der Waals surface area contributed by atoms with E-state index in [9.17, 15) is 13.2 Å². The maximum Gasteiger partial charge on any atom is 0.257 e. The third-order valence-corrected chi connectivity index (χ3v) is 3.65. The molecule has 0 bridgehead atoms. The molecule has 2 N–H and O–H groups in total. The van der Waals surface area contributed by atoms with Crippen LogP contribution in [-0.2, 0) is 10.0 Å². The van der Waals surface area contributed by atoms with E-state index in [-0.39, 0.29) is 22.7 Å². The Bertz CT molecular complexity index is 606. The molecule has 0 heterocycles. The van der Waals surface area contributed by atoms with E-state index < -0.39 is 10.0 Å². The van der Waals surface area contributed by atoms with Crippen LogP contribution in [0.25, 0.3) is 0 Å². The maximum atomic E-state index is 12.0. The molecule has 1 saturated carbocycles. The second kappa shape index (κ2) is 4.82. The zero-order valence-electron chi connectivity index (χ0n) is 10.8. The van der Waals surface area contributed by atoms with Gasteiger partial charge in [0.25, 0.3) is 5.91 Å². The second-order valence-electron chi connectivity index (χ2n) is 4.72. The van der Waals surface area contributed by atoms with Crippen molar-refractivity contribution in [3.8, 4) is 5.75 Å². The van der Waals surface area contributed by atoms with E-state index in [1.165, 1.54) is 23.1 Å². The molecule has 104 valence electrons. The molecule has 7 heteroatoms. The van der Waals surface area contributed by atoms with Gasteiger partial charge in [-0.05, 0) is 25.0 Å². The smallest absolute Gasteiger partial charge is 0.257 e. The van der Waals surface area contributed by atoms with E-state index >= 15 is 0 Å². The Kier molecular flexibility index (Phi) is 3.51. The van der Waals surface area contributed by atoms with E-state index in [0.717, 1.165) is 12.8 Å². The first-order chi connectivity index (χ1) is 8.79. The maximum absolute atomic E-state index is 12.0. The highest BCUT2D eigenvalue weighted by Gasteiger charge is 2.27. The number of primary sulfonamides is 1. The predicted octanol–water partition coefficient (Wildman–Crippen LogP) is 0.577. The van der Waals surface area contributed by atoms with E-state index in [0.29, 0.717) is 5.56 Å². The fraction of sp³-hybridized carbons (Fsp3) is 0.417. The highest BCUT2D eigenvalue weighted by Crippen LogP contribution is 2.31. The zero-order chi connectivity index (χ0) is 14.2. The van der Waals surface area contributed by atoms with Crippen LogP contribution in [0.15, 0.2) is 23.1 Å². The monoisotopic (exact) mass is 284 g/mol. The van der Waals surface area contributed by atoms with Crippen LogP contribution in [0, 0.1) is 0 Å². The zero-order valence-corrected chi connectivity index (χ0v) is 11.6. The molecule has 1 aromatic rings. The first kappa shape index (κ1) is 13.8. The van der Waals surface area contributed by atoms with Crippen molar-refractivity contribution in [2.24, 2.45) is 5.14 Å². The molecular weight excluding hydrogens is 268 g/mol. The van der Waals surface area contributed by atoms with Gasteiger partial charge in [-0.2, -0.15) is 0 Å². The van der Waals surface area contributed by atoms with Crippen LogP contribution in [0.4, 0.5) is 0 Å². The molecule has 1 amide bonds. The van der Waals surface area contributed by atoms with Gasteiger partial charge in [0, 0.05) is 20.2 Å². The molecule has 1 aliphatic rings. The summed E-state index contributed by atoms with van der Waals surface area (Å²) in [6.07, 6.45) is 1.88. The van der Waals surface area contributed by atoms with E-state index in [2.05, 4.69) is 0 Å². The number of carbonyl (C=O) groups is 1. The summed E-state index contributed by atoms with van der Waals surface area (Å²) in [4.78, 5) is 13.3.